The van der Waals surface area contributed by atoms with Crippen molar-refractivity contribution in [2.75, 3.05) is 0 Å². The molecule has 4 nitrogen and oxygen atoms in total. The fourth-order valence-electron chi connectivity index (χ4n) is 1.07. The second kappa shape index (κ2) is 4.38. The summed E-state index contributed by atoms with van der Waals surface area (Å²) in [6.07, 6.45) is 5.08. The Balaban J connectivity index is 2.97. The standard InChI is InChI=1S/C11H11NO3/c1-3-7(2)12-11(15)10-8(13)5-4-6-9(10)14/h1,4-7,13-14H,2H3,(H,12,15). The lowest BCUT2D eigenvalue weighted by atomic mass is 10.1. The molecule has 1 aromatic carbocycles. The van der Waals surface area contributed by atoms with Crippen LogP contribution < -0.4 is 5.32 Å². The lowest BCUT2D eigenvalue weighted by Gasteiger charge is -2.09. The summed E-state index contributed by atoms with van der Waals surface area (Å²) in [4.78, 5) is 11.5. The molecule has 0 aliphatic carbocycles. The van der Waals surface area contributed by atoms with Crippen LogP contribution in [0.2, 0.25) is 0 Å². The van der Waals surface area contributed by atoms with Crippen LogP contribution in [-0.2, 0) is 0 Å². The normalized spacial score (nSPS) is 11.5. The minimum Gasteiger partial charge on any atom is -0.507 e. The van der Waals surface area contributed by atoms with Crippen molar-refractivity contribution in [1.82, 2.24) is 5.32 Å². The van der Waals surface area contributed by atoms with Crippen molar-refractivity contribution in [3.05, 3.63) is 23.8 Å². The molecule has 0 saturated carbocycles. The minimum absolute atomic E-state index is 0.167. The Morgan fingerprint density at radius 1 is 1.47 bits per heavy atom. The van der Waals surface area contributed by atoms with Gasteiger partial charge in [-0.2, -0.15) is 0 Å². The Morgan fingerprint density at radius 3 is 2.47 bits per heavy atom. The predicted octanol–water partition coefficient (Wildman–Crippen LogP) is 0.849. The zero-order valence-corrected chi connectivity index (χ0v) is 8.19. The second-order valence-corrected chi connectivity index (χ2v) is 3.03. The van der Waals surface area contributed by atoms with Crippen LogP contribution in [0.25, 0.3) is 0 Å². The number of hydrogen-bond donors (Lipinski definition) is 3. The molecule has 78 valence electrons. The topological polar surface area (TPSA) is 69.6 Å². The van der Waals surface area contributed by atoms with E-state index in [4.69, 9.17) is 6.42 Å². The monoisotopic (exact) mass is 205 g/mol. The Bertz CT molecular complexity index is 400. The number of benzene rings is 1. The van der Waals surface area contributed by atoms with E-state index in [1.165, 1.54) is 18.2 Å². The van der Waals surface area contributed by atoms with Gasteiger partial charge in [-0.3, -0.25) is 4.79 Å². The molecular weight excluding hydrogens is 194 g/mol. The van der Waals surface area contributed by atoms with E-state index in [1.54, 1.807) is 6.92 Å². The molecular formula is C11H11NO3. The molecule has 1 aromatic rings. The van der Waals surface area contributed by atoms with E-state index in [9.17, 15) is 15.0 Å². The summed E-state index contributed by atoms with van der Waals surface area (Å²) in [5.74, 6) is 1.15. The largest absolute Gasteiger partial charge is 0.507 e. The maximum atomic E-state index is 11.5. The molecule has 15 heavy (non-hydrogen) atoms. The molecule has 0 heterocycles. The number of carbonyl (C=O) groups excluding carboxylic acids is 1. The van der Waals surface area contributed by atoms with E-state index < -0.39 is 11.9 Å². The number of hydrogen-bond acceptors (Lipinski definition) is 3. The second-order valence-electron chi connectivity index (χ2n) is 3.03. The Kier molecular flexibility index (Phi) is 3.19. The maximum Gasteiger partial charge on any atom is 0.259 e. The van der Waals surface area contributed by atoms with Crippen molar-refractivity contribution in [2.45, 2.75) is 13.0 Å². The maximum absolute atomic E-state index is 11.5. The zero-order chi connectivity index (χ0) is 11.4. The van der Waals surface area contributed by atoms with Gasteiger partial charge >= 0.3 is 0 Å². The van der Waals surface area contributed by atoms with Crippen molar-refractivity contribution in [3.63, 3.8) is 0 Å². The summed E-state index contributed by atoms with van der Waals surface area (Å²) in [6, 6.07) is 3.60. The fraction of sp³-hybridized carbons (Fsp3) is 0.182. The van der Waals surface area contributed by atoms with Gasteiger partial charge in [0.25, 0.3) is 5.91 Å². The quantitative estimate of drug-likeness (QED) is 0.627. The van der Waals surface area contributed by atoms with Gasteiger partial charge in [0.05, 0.1) is 6.04 Å². The molecule has 0 spiro atoms. The number of carbonyl (C=O) groups is 1. The highest BCUT2D eigenvalue weighted by atomic mass is 16.3. The summed E-state index contributed by atoms with van der Waals surface area (Å²) in [7, 11) is 0. The van der Waals surface area contributed by atoms with Crippen molar-refractivity contribution in [3.8, 4) is 23.8 Å². The van der Waals surface area contributed by atoms with Gasteiger partial charge in [-0.15, -0.1) is 6.42 Å². The van der Waals surface area contributed by atoms with Crippen LogP contribution in [0, 0.1) is 12.3 Å². The van der Waals surface area contributed by atoms with Crippen LogP contribution in [-0.4, -0.2) is 22.2 Å². The van der Waals surface area contributed by atoms with E-state index in [1.807, 2.05) is 0 Å². The van der Waals surface area contributed by atoms with E-state index in [0.29, 0.717) is 0 Å². The SMILES string of the molecule is C#CC(C)NC(=O)c1c(O)cccc1O. The average molecular weight is 205 g/mol. The molecule has 0 saturated heterocycles. The molecule has 0 fully saturated rings. The molecule has 1 unspecified atom stereocenters. The first-order valence-electron chi connectivity index (χ1n) is 4.34. The van der Waals surface area contributed by atoms with Gasteiger partial charge in [0.1, 0.15) is 17.1 Å². The van der Waals surface area contributed by atoms with Gasteiger partial charge in [0.15, 0.2) is 0 Å². The first-order valence-corrected chi connectivity index (χ1v) is 4.34. The lowest BCUT2D eigenvalue weighted by Crippen LogP contribution is -2.31. The van der Waals surface area contributed by atoms with Crippen LogP contribution in [0.15, 0.2) is 18.2 Å². The molecule has 4 heteroatoms. The number of nitrogens with one attached hydrogen (secondary N) is 1. The van der Waals surface area contributed by atoms with Crippen LogP contribution in [0.5, 0.6) is 11.5 Å². The zero-order valence-electron chi connectivity index (χ0n) is 8.19. The third-order valence-corrected chi connectivity index (χ3v) is 1.85. The molecule has 0 aliphatic heterocycles. The Hall–Kier alpha value is -2.15. The summed E-state index contributed by atoms with van der Waals surface area (Å²) in [5.41, 5.74) is -0.167. The van der Waals surface area contributed by atoms with Crippen molar-refractivity contribution < 1.29 is 15.0 Å². The highest BCUT2D eigenvalue weighted by Crippen LogP contribution is 2.25. The lowest BCUT2D eigenvalue weighted by molar-refractivity contribution is 0.0942. The minimum atomic E-state index is -0.601. The van der Waals surface area contributed by atoms with Crippen molar-refractivity contribution >= 4 is 5.91 Å². The number of phenolic OH excluding ortho intramolecular Hbond substituents is 2. The molecule has 1 amide bonds. The summed E-state index contributed by atoms with van der Waals surface area (Å²) in [5, 5.41) is 21.2. The van der Waals surface area contributed by atoms with Gasteiger partial charge < -0.3 is 15.5 Å². The first kappa shape index (κ1) is 10.9. The van der Waals surface area contributed by atoms with Crippen LogP contribution in [0.4, 0.5) is 0 Å². The molecule has 1 rings (SSSR count). The van der Waals surface area contributed by atoms with E-state index in [0.717, 1.165) is 0 Å². The number of amides is 1. The smallest absolute Gasteiger partial charge is 0.259 e. The van der Waals surface area contributed by atoms with E-state index in [-0.39, 0.29) is 17.1 Å². The molecule has 0 radical (unpaired) electrons. The van der Waals surface area contributed by atoms with Gasteiger partial charge in [0, 0.05) is 0 Å². The molecule has 0 aliphatic rings. The molecule has 0 aromatic heterocycles. The van der Waals surface area contributed by atoms with Gasteiger partial charge in [0.2, 0.25) is 0 Å². The number of terminal acetylenes is 1. The Morgan fingerprint density at radius 2 is 2.00 bits per heavy atom. The third-order valence-electron chi connectivity index (χ3n) is 1.85. The van der Waals surface area contributed by atoms with Crippen LogP contribution in [0.1, 0.15) is 17.3 Å². The summed E-state index contributed by atoms with van der Waals surface area (Å²) >= 11 is 0. The molecule has 3 N–H and O–H groups in total. The summed E-state index contributed by atoms with van der Waals surface area (Å²) in [6.45, 7) is 1.62. The van der Waals surface area contributed by atoms with E-state index >= 15 is 0 Å². The number of phenols is 2. The van der Waals surface area contributed by atoms with Gasteiger partial charge in [-0.1, -0.05) is 12.0 Å². The number of aromatic hydroxyl groups is 2. The molecule has 0 bridgehead atoms. The van der Waals surface area contributed by atoms with E-state index in [2.05, 4.69) is 11.2 Å². The fourth-order valence-corrected chi connectivity index (χ4v) is 1.07. The predicted molar refractivity (Wildman–Crippen MR) is 55.5 cm³/mol. The number of rotatable bonds is 2. The average Bonchev–Trinajstić information content (AvgIpc) is 2.17. The van der Waals surface area contributed by atoms with Crippen LogP contribution >= 0.6 is 0 Å². The van der Waals surface area contributed by atoms with Crippen molar-refractivity contribution in [2.24, 2.45) is 0 Å². The van der Waals surface area contributed by atoms with Crippen LogP contribution in [0.3, 0.4) is 0 Å². The summed E-state index contributed by atoms with van der Waals surface area (Å²) < 4.78 is 0. The van der Waals surface area contributed by atoms with Gasteiger partial charge in [-0.05, 0) is 19.1 Å². The highest BCUT2D eigenvalue weighted by Gasteiger charge is 2.16. The first-order chi connectivity index (χ1) is 7.06. The highest BCUT2D eigenvalue weighted by molar-refractivity contribution is 5.99. The third kappa shape index (κ3) is 2.41. The Labute approximate surface area is 87.6 Å². The molecule has 1 atom stereocenters. The van der Waals surface area contributed by atoms with Gasteiger partial charge in [-0.25, -0.2) is 0 Å². The van der Waals surface area contributed by atoms with Crippen molar-refractivity contribution in [1.29, 1.82) is 0 Å².